The Morgan fingerprint density at radius 2 is 1.90 bits per heavy atom. The number of hydrazone groups is 1. The average molecular weight is 460 g/mol. The van der Waals surface area contributed by atoms with Gasteiger partial charge >= 0.3 is 0 Å². The first-order chi connectivity index (χ1) is 14.8. The molecule has 0 bridgehead atoms. The average Bonchev–Trinajstić information content (AvgIpc) is 3.32. The molecule has 2 heterocycles. The van der Waals surface area contributed by atoms with Gasteiger partial charge in [0.2, 0.25) is 0 Å². The van der Waals surface area contributed by atoms with Crippen molar-refractivity contribution in [3.63, 3.8) is 0 Å². The Morgan fingerprint density at radius 3 is 2.65 bits per heavy atom. The van der Waals surface area contributed by atoms with Crippen LogP contribution in [0.1, 0.15) is 56.4 Å². The Hall–Kier alpha value is -3.03. The Labute approximate surface area is 188 Å². The lowest BCUT2D eigenvalue weighted by Gasteiger charge is -2.13. The van der Waals surface area contributed by atoms with E-state index >= 15 is 0 Å². The molecule has 1 aliphatic carbocycles. The summed E-state index contributed by atoms with van der Waals surface area (Å²) in [6.45, 7) is 3.50. The second-order valence-corrected chi connectivity index (χ2v) is 8.02. The van der Waals surface area contributed by atoms with Gasteiger partial charge < -0.3 is 14.2 Å². The van der Waals surface area contributed by atoms with Crippen LogP contribution in [0.4, 0.5) is 5.69 Å². The van der Waals surface area contributed by atoms with Crippen LogP contribution < -0.4 is 10.7 Å². The number of anilines is 1. The van der Waals surface area contributed by atoms with Crippen molar-refractivity contribution in [3.8, 4) is 0 Å². The topological polar surface area (TPSA) is 96.8 Å². The monoisotopic (exact) mass is 459 g/mol. The maximum absolute atomic E-state index is 12.9. The lowest BCUT2D eigenvalue weighted by Crippen LogP contribution is -2.22. The number of amides is 2. The second kappa shape index (κ2) is 8.61. The molecule has 7 nitrogen and oxygen atoms in total. The van der Waals surface area contributed by atoms with E-state index in [1.54, 1.807) is 38.1 Å². The molecule has 0 unspecified atom stereocenters. The van der Waals surface area contributed by atoms with E-state index in [-0.39, 0.29) is 11.7 Å². The van der Waals surface area contributed by atoms with Gasteiger partial charge in [-0.15, -0.1) is 0 Å². The zero-order valence-electron chi connectivity index (χ0n) is 16.8. The molecule has 1 aromatic carbocycles. The van der Waals surface area contributed by atoms with Gasteiger partial charge in [0.1, 0.15) is 11.5 Å². The first-order valence-corrected chi connectivity index (χ1v) is 10.4. The lowest BCUT2D eigenvalue weighted by molar-refractivity contribution is 0.0952. The predicted molar refractivity (Wildman–Crippen MR) is 118 cm³/mol. The van der Waals surface area contributed by atoms with Crippen molar-refractivity contribution in [1.29, 1.82) is 0 Å². The van der Waals surface area contributed by atoms with E-state index < -0.39 is 5.91 Å². The highest BCUT2D eigenvalue weighted by Crippen LogP contribution is 2.31. The van der Waals surface area contributed by atoms with Gasteiger partial charge in [-0.2, -0.15) is 5.10 Å². The van der Waals surface area contributed by atoms with Crippen LogP contribution in [0.2, 0.25) is 10.0 Å². The maximum atomic E-state index is 12.9. The summed E-state index contributed by atoms with van der Waals surface area (Å²) < 4.78 is 11.0. The summed E-state index contributed by atoms with van der Waals surface area (Å²) in [5, 5.41) is 7.87. The minimum atomic E-state index is -0.437. The summed E-state index contributed by atoms with van der Waals surface area (Å²) in [6, 6.07) is 6.40. The van der Waals surface area contributed by atoms with Gasteiger partial charge in [-0.1, -0.05) is 23.2 Å². The van der Waals surface area contributed by atoms with Crippen LogP contribution in [-0.4, -0.2) is 17.5 Å². The molecule has 0 atom stereocenters. The van der Waals surface area contributed by atoms with Gasteiger partial charge in [0.05, 0.1) is 28.2 Å². The number of aryl methyl sites for hydroxylation is 2. The highest BCUT2D eigenvalue weighted by atomic mass is 35.5. The largest absolute Gasteiger partial charge is 0.469 e. The fourth-order valence-corrected chi connectivity index (χ4v) is 3.90. The number of rotatable bonds is 4. The number of nitrogens with zero attached hydrogens (tertiary/aromatic N) is 1. The van der Waals surface area contributed by atoms with Gasteiger partial charge in [-0.05, 0) is 51.0 Å². The Kier molecular flexibility index (Phi) is 5.89. The van der Waals surface area contributed by atoms with Crippen molar-refractivity contribution in [2.24, 2.45) is 5.10 Å². The van der Waals surface area contributed by atoms with Crippen LogP contribution in [0.15, 0.2) is 44.5 Å². The van der Waals surface area contributed by atoms with E-state index in [0.717, 1.165) is 12.0 Å². The van der Waals surface area contributed by atoms with Crippen molar-refractivity contribution < 1.29 is 18.4 Å². The molecule has 0 fully saturated rings. The van der Waals surface area contributed by atoms with Gasteiger partial charge in [0.15, 0.2) is 5.76 Å². The van der Waals surface area contributed by atoms with Crippen LogP contribution in [-0.2, 0) is 6.42 Å². The molecular weight excluding hydrogens is 441 g/mol. The minimum Gasteiger partial charge on any atom is -0.469 e. The number of hydrogen-bond acceptors (Lipinski definition) is 5. The third-order valence-corrected chi connectivity index (χ3v) is 5.67. The standard InChI is InChI=1S/C22H19Cl2N3O4/c1-11-19-16(26-27-21(28)14-8-9-30-12(14)2)4-3-5-18(19)31-20(11)22(29)25-17-10-13(23)6-7-15(17)24/h6-10H,3-5H2,1-2H3,(H,25,29)(H,27,28)/b26-16+. The van der Waals surface area contributed by atoms with Crippen LogP contribution in [0.3, 0.4) is 0 Å². The van der Waals surface area contributed by atoms with Crippen LogP contribution in [0.5, 0.6) is 0 Å². The van der Waals surface area contributed by atoms with Crippen molar-refractivity contribution in [3.05, 3.63) is 74.5 Å². The quantitative estimate of drug-likeness (QED) is 0.501. The summed E-state index contributed by atoms with van der Waals surface area (Å²) in [5.41, 5.74) is 5.45. The van der Waals surface area contributed by atoms with E-state index in [9.17, 15) is 9.59 Å². The fraction of sp³-hybridized carbons (Fsp3) is 0.227. The van der Waals surface area contributed by atoms with Crippen molar-refractivity contribution in [2.75, 3.05) is 5.32 Å². The lowest BCUT2D eigenvalue weighted by atomic mass is 9.93. The van der Waals surface area contributed by atoms with E-state index in [4.69, 9.17) is 32.0 Å². The number of furan rings is 2. The molecule has 0 radical (unpaired) electrons. The molecule has 1 aliphatic rings. The first kappa shape index (κ1) is 21.2. The van der Waals surface area contributed by atoms with E-state index in [2.05, 4.69) is 15.8 Å². The highest BCUT2D eigenvalue weighted by molar-refractivity contribution is 6.35. The van der Waals surface area contributed by atoms with Crippen molar-refractivity contribution >= 4 is 46.4 Å². The number of halogens is 2. The van der Waals surface area contributed by atoms with Crippen LogP contribution in [0, 0.1) is 13.8 Å². The van der Waals surface area contributed by atoms with Gasteiger partial charge in [0, 0.05) is 22.6 Å². The fourth-order valence-electron chi connectivity index (χ4n) is 3.57. The Bertz CT molecular complexity index is 1210. The van der Waals surface area contributed by atoms with Crippen molar-refractivity contribution in [2.45, 2.75) is 33.1 Å². The van der Waals surface area contributed by atoms with E-state index in [1.807, 2.05) is 0 Å². The maximum Gasteiger partial charge on any atom is 0.291 e. The number of benzene rings is 1. The number of nitrogens with one attached hydrogen (secondary N) is 2. The smallest absolute Gasteiger partial charge is 0.291 e. The first-order valence-electron chi connectivity index (χ1n) is 9.65. The number of fused-ring (bicyclic) bond motifs is 1. The number of hydrogen-bond donors (Lipinski definition) is 2. The Balaban J connectivity index is 1.59. The summed E-state index contributed by atoms with van der Waals surface area (Å²) in [7, 11) is 0. The van der Waals surface area contributed by atoms with Gasteiger partial charge in [0.25, 0.3) is 11.8 Å². The zero-order valence-corrected chi connectivity index (χ0v) is 18.4. The number of carbonyl (C=O) groups is 2. The Morgan fingerprint density at radius 1 is 1.10 bits per heavy atom. The van der Waals surface area contributed by atoms with E-state index in [1.165, 1.54) is 6.26 Å². The van der Waals surface area contributed by atoms with Crippen LogP contribution in [0.25, 0.3) is 0 Å². The summed E-state index contributed by atoms with van der Waals surface area (Å²) in [6.07, 6.45) is 3.57. The molecule has 160 valence electrons. The molecule has 0 saturated carbocycles. The summed E-state index contributed by atoms with van der Waals surface area (Å²) >= 11 is 12.1. The zero-order chi connectivity index (χ0) is 22.1. The number of carbonyl (C=O) groups excluding carboxylic acids is 2. The normalized spacial score (nSPS) is 14.4. The molecule has 31 heavy (non-hydrogen) atoms. The van der Waals surface area contributed by atoms with Crippen molar-refractivity contribution in [1.82, 2.24) is 5.43 Å². The third-order valence-electron chi connectivity index (χ3n) is 5.10. The predicted octanol–water partition coefficient (Wildman–Crippen LogP) is 5.52. The molecule has 4 rings (SSSR count). The molecule has 9 heteroatoms. The SMILES string of the molecule is Cc1occc1C(=O)N/N=C1\CCCc2oc(C(=O)Nc3cc(Cl)ccc3Cl)c(C)c21. The van der Waals surface area contributed by atoms with Crippen LogP contribution >= 0.6 is 23.2 Å². The minimum absolute atomic E-state index is 0.174. The highest BCUT2D eigenvalue weighted by Gasteiger charge is 2.28. The second-order valence-electron chi connectivity index (χ2n) is 7.18. The third kappa shape index (κ3) is 4.24. The molecule has 0 saturated heterocycles. The molecule has 2 N–H and O–H groups in total. The molecular formula is C22H19Cl2N3O4. The van der Waals surface area contributed by atoms with E-state index in [0.29, 0.717) is 56.9 Å². The molecule has 0 aliphatic heterocycles. The molecule has 2 aromatic heterocycles. The molecule has 2 amide bonds. The molecule has 3 aromatic rings. The van der Waals surface area contributed by atoms with Gasteiger partial charge in [-0.3, -0.25) is 9.59 Å². The summed E-state index contributed by atoms with van der Waals surface area (Å²) in [4.78, 5) is 25.2. The van der Waals surface area contributed by atoms with Gasteiger partial charge in [-0.25, -0.2) is 5.43 Å². The summed E-state index contributed by atoms with van der Waals surface area (Å²) in [5.74, 6) is 0.556. The molecule has 0 spiro atoms.